The molecule has 0 bridgehead atoms. The van der Waals surface area contributed by atoms with Gasteiger partial charge in [0.15, 0.2) is 0 Å². The number of carbonyl (C=O) groups is 1. The van der Waals surface area contributed by atoms with E-state index in [4.69, 9.17) is 21.5 Å². The number of hydrogen-bond donors (Lipinski definition) is 2. The third-order valence-corrected chi connectivity index (χ3v) is 5.85. The Morgan fingerprint density at radius 3 is 2.39 bits per heavy atom. The Balaban J connectivity index is 2.29. The molecule has 0 aliphatic carbocycles. The highest BCUT2D eigenvalue weighted by Crippen LogP contribution is 2.26. The van der Waals surface area contributed by atoms with Crippen molar-refractivity contribution >= 4 is 48.9 Å². The maximum Gasteiger partial charge on any atom is 0.245 e. The summed E-state index contributed by atoms with van der Waals surface area (Å²) in [7, 11) is -6.61. The first-order valence-electron chi connectivity index (χ1n) is 7.66. The molecule has 9 nitrogen and oxygen atoms in total. The van der Waals surface area contributed by atoms with Crippen LogP contribution in [0, 0.1) is 0 Å². The number of methoxy groups -OCH3 is 1. The lowest BCUT2D eigenvalue weighted by Crippen LogP contribution is -2.37. The second-order valence-electron chi connectivity index (χ2n) is 5.71. The molecule has 3 N–H and O–H groups in total. The van der Waals surface area contributed by atoms with Crippen molar-refractivity contribution in [2.24, 2.45) is 5.14 Å². The average molecular weight is 448 g/mol. The quantitative estimate of drug-likeness (QED) is 0.658. The molecule has 0 saturated heterocycles. The monoisotopic (exact) mass is 447 g/mol. The molecule has 0 radical (unpaired) electrons. The molecule has 2 aromatic carbocycles. The van der Waals surface area contributed by atoms with Crippen LogP contribution in [0.1, 0.15) is 0 Å². The number of hydrogen-bond acceptors (Lipinski definition) is 6. The molecule has 0 unspecified atom stereocenters. The van der Waals surface area contributed by atoms with E-state index in [-0.39, 0.29) is 22.0 Å². The Bertz CT molecular complexity index is 1100. The van der Waals surface area contributed by atoms with Crippen molar-refractivity contribution in [1.29, 1.82) is 0 Å². The number of nitrogens with zero attached hydrogens (tertiary/aromatic N) is 1. The zero-order valence-corrected chi connectivity index (χ0v) is 17.3. The van der Waals surface area contributed by atoms with Crippen LogP contribution in [0.15, 0.2) is 47.4 Å². The molecule has 1 amide bonds. The lowest BCUT2D eigenvalue weighted by molar-refractivity contribution is -0.114. The largest absolute Gasteiger partial charge is 0.495 e. The van der Waals surface area contributed by atoms with Gasteiger partial charge in [0.2, 0.25) is 26.0 Å². The summed E-state index contributed by atoms with van der Waals surface area (Å²) in [5.74, 6) is -0.687. The third kappa shape index (κ3) is 5.58. The number of sulfonamides is 2. The predicted molar refractivity (Wildman–Crippen MR) is 107 cm³/mol. The number of ether oxygens (including phenoxy) is 1. The predicted octanol–water partition coefficient (Wildman–Crippen LogP) is 1.40. The van der Waals surface area contributed by atoms with Gasteiger partial charge in [0.25, 0.3) is 0 Å². The standard InChI is InChI=1S/C16H18ClN3O6S2/c1-26-14-7-6-12(9-15(14)28(18,24)25)19-16(21)10-20(27(2,22)23)13-5-3-4-11(17)8-13/h3-9H,10H2,1-2H3,(H,19,21)(H2,18,24,25). The van der Waals surface area contributed by atoms with Crippen molar-refractivity contribution in [2.45, 2.75) is 4.90 Å². The van der Waals surface area contributed by atoms with Gasteiger partial charge in [0.1, 0.15) is 17.2 Å². The third-order valence-electron chi connectivity index (χ3n) is 3.54. The van der Waals surface area contributed by atoms with Gasteiger partial charge in [-0.25, -0.2) is 22.0 Å². The van der Waals surface area contributed by atoms with E-state index in [0.29, 0.717) is 5.02 Å². The Labute approximate surface area is 168 Å². The molecule has 28 heavy (non-hydrogen) atoms. The maximum absolute atomic E-state index is 12.4. The van der Waals surface area contributed by atoms with Gasteiger partial charge >= 0.3 is 0 Å². The first kappa shape index (κ1) is 22.0. The van der Waals surface area contributed by atoms with Crippen molar-refractivity contribution in [3.05, 3.63) is 47.5 Å². The topological polar surface area (TPSA) is 136 Å². The van der Waals surface area contributed by atoms with Gasteiger partial charge < -0.3 is 10.1 Å². The Kier molecular flexibility index (Phi) is 6.55. The fraction of sp³-hybridized carbons (Fsp3) is 0.188. The number of nitrogens with two attached hydrogens (primary N) is 1. The minimum atomic E-state index is -4.10. The molecule has 2 rings (SSSR count). The van der Waals surface area contributed by atoms with Gasteiger partial charge in [-0.1, -0.05) is 17.7 Å². The van der Waals surface area contributed by atoms with Crippen molar-refractivity contribution in [2.75, 3.05) is 29.5 Å². The summed E-state index contributed by atoms with van der Waals surface area (Å²) in [6.45, 7) is -0.546. The van der Waals surface area contributed by atoms with Crippen LogP contribution in [0.4, 0.5) is 11.4 Å². The van der Waals surface area contributed by atoms with Gasteiger partial charge in [-0.2, -0.15) is 0 Å². The van der Waals surface area contributed by atoms with Crippen LogP contribution in [-0.4, -0.2) is 42.7 Å². The van der Waals surface area contributed by atoms with Gasteiger partial charge in [0.05, 0.1) is 19.1 Å². The highest BCUT2D eigenvalue weighted by atomic mass is 35.5. The molecule has 0 aliphatic heterocycles. The highest BCUT2D eigenvalue weighted by Gasteiger charge is 2.22. The lowest BCUT2D eigenvalue weighted by Gasteiger charge is -2.22. The van der Waals surface area contributed by atoms with Crippen molar-refractivity contribution < 1.29 is 26.4 Å². The normalized spacial score (nSPS) is 11.7. The molecule has 12 heteroatoms. The number of benzene rings is 2. The van der Waals surface area contributed by atoms with E-state index < -0.39 is 32.5 Å². The summed E-state index contributed by atoms with van der Waals surface area (Å²) in [6.07, 6.45) is 0.952. The van der Waals surface area contributed by atoms with E-state index in [9.17, 15) is 21.6 Å². The number of primary sulfonamides is 1. The number of anilines is 2. The van der Waals surface area contributed by atoms with Crippen molar-refractivity contribution in [3.63, 3.8) is 0 Å². The summed E-state index contributed by atoms with van der Waals surface area (Å²) in [5.41, 5.74) is 0.319. The molecule has 0 heterocycles. The average Bonchev–Trinajstić information content (AvgIpc) is 2.58. The minimum absolute atomic E-state index is 0.0113. The summed E-state index contributed by atoms with van der Waals surface area (Å²) < 4.78 is 53.3. The number of halogens is 1. The molecule has 0 saturated carbocycles. The maximum atomic E-state index is 12.4. The number of amides is 1. The Morgan fingerprint density at radius 1 is 1.18 bits per heavy atom. The van der Waals surface area contributed by atoms with Crippen molar-refractivity contribution in [1.82, 2.24) is 0 Å². The smallest absolute Gasteiger partial charge is 0.245 e. The summed E-state index contributed by atoms with van der Waals surface area (Å²) in [5, 5.41) is 7.88. The number of nitrogens with one attached hydrogen (secondary N) is 1. The van der Waals surface area contributed by atoms with Crippen LogP contribution in [0.3, 0.4) is 0 Å². The molecule has 0 aliphatic rings. The van der Waals surface area contributed by atoms with Gasteiger partial charge in [0, 0.05) is 10.7 Å². The van der Waals surface area contributed by atoms with Gasteiger partial charge in [-0.15, -0.1) is 0 Å². The number of carbonyl (C=O) groups excluding carboxylic acids is 1. The number of rotatable bonds is 7. The van der Waals surface area contributed by atoms with Gasteiger partial charge in [-0.05, 0) is 36.4 Å². The Morgan fingerprint density at radius 2 is 1.86 bits per heavy atom. The fourth-order valence-corrected chi connectivity index (χ4v) is 4.09. The summed E-state index contributed by atoms with van der Waals surface area (Å²) >= 11 is 5.89. The van der Waals surface area contributed by atoms with E-state index in [1.54, 1.807) is 12.1 Å². The van der Waals surface area contributed by atoms with E-state index >= 15 is 0 Å². The van der Waals surface area contributed by atoms with Crippen LogP contribution in [0.2, 0.25) is 5.02 Å². The SMILES string of the molecule is COc1ccc(NC(=O)CN(c2cccc(Cl)c2)S(C)(=O)=O)cc1S(N)(=O)=O. The van der Waals surface area contributed by atoms with E-state index in [0.717, 1.165) is 16.6 Å². The minimum Gasteiger partial charge on any atom is -0.495 e. The van der Waals surface area contributed by atoms with E-state index in [2.05, 4.69) is 5.32 Å². The van der Waals surface area contributed by atoms with Crippen LogP contribution < -0.4 is 19.5 Å². The molecule has 0 aromatic heterocycles. The molecule has 0 spiro atoms. The highest BCUT2D eigenvalue weighted by molar-refractivity contribution is 7.92. The molecular formula is C16H18ClN3O6S2. The van der Waals surface area contributed by atoms with E-state index in [1.807, 2.05) is 0 Å². The molecule has 152 valence electrons. The zero-order chi connectivity index (χ0) is 21.1. The van der Waals surface area contributed by atoms with Crippen LogP contribution >= 0.6 is 11.6 Å². The molecule has 0 fully saturated rings. The second-order valence-corrected chi connectivity index (χ2v) is 9.58. The van der Waals surface area contributed by atoms with Crippen LogP contribution in [-0.2, 0) is 24.8 Å². The van der Waals surface area contributed by atoms with Crippen LogP contribution in [0.5, 0.6) is 5.75 Å². The summed E-state index contributed by atoms with van der Waals surface area (Å²) in [4.78, 5) is 12.1. The first-order valence-corrected chi connectivity index (χ1v) is 11.4. The van der Waals surface area contributed by atoms with Gasteiger partial charge in [-0.3, -0.25) is 9.10 Å². The zero-order valence-electron chi connectivity index (χ0n) is 14.9. The van der Waals surface area contributed by atoms with Crippen molar-refractivity contribution in [3.8, 4) is 5.75 Å². The molecule has 2 aromatic rings. The first-order chi connectivity index (χ1) is 12.9. The lowest BCUT2D eigenvalue weighted by atomic mass is 10.3. The fourth-order valence-electron chi connectivity index (χ4n) is 2.34. The van der Waals surface area contributed by atoms with Crippen LogP contribution in [0.25, 0.3) is 0 Å². The molecule has 0 atom stereocenters. The summed E-state index contributed by atoms with van der Waals surface area (Å²) in [6, 6.07) is 9.86. The van der Waals surface area contributed by atoms with E-state index in [1.165, 1.54) is 31.4 Å². The second kappa shape index (κ2) is 8.35. The molecular weight excluding hydrogens is 430 g/mol. The Hall–Kier alpha value is -2.34.